The number of aliphatic carboxylic acids is 1. The van der Waals surface area contributed by atoms with Crippen LogP contribution in [-0.4, -0.2) is 48.7 Å². The maximum atomic E-state index is 13.3. The highest BCUT2D eigenvalue weighted by Crippen LogP contribution is 2.34. The highest BCUT2D eigenvalue weighted by atomic mass is 32.2. The largest absolute Gasteiger partial charge is 0.497 e. The second kappa shape index (κ2) is 8.90. The second-order valence-corrected chi connectivity index (χ2v) is 10.6. The molecule has 1 fully saturated rings. The Bertz CT molecular complexity index is 1190. The molecule has 3 aromatic rings. The molecular formula is C23H23NO5S2. The molecule has 1 saturated heterocycles. The Morgan fingerprint density at radius 2 is 1.81 bits per heavy atom. The Kier molecular flexibility index (Phi) is 6.22. The number of benzene rings is 3. The summed E-state index contributed by atoms with van der Waals surface area (Å²) in [5.74, 6) is 0.329. The van der Waals surface area contributed by atoms with E-state index < -0.39 is 22.0 Å². The van der Waals surface area contributed by atoms with Crippen LogP contribution in [0.2, 0.25) is 0 Å². The van der Waals surface area contributed by atoms with Gasteiger partial charge in [-0.15, -0.1) is 0 Å². The van der Waals surface area contributed by atoms with Gasteiger partial charge >= 0.3 is 5.97 Å². The number of fused-ring (bicyclic) bond motifs is 1. The van der Waals surface area contributed by atoms with Crippen LogP contribution in [-0.2, 0) is 20.6 Å². The van der Waals surface area contributed by atoms with Crippen LogP contribution in [0.15, 0.2) is 71.6 Å². The first-order chi connectivity index (χ1) is 14.9. The van der Waals surface area contributed by atoms with Crippen molar-refractivity contribution in [2.45, 2.75) is 28.4 Å². The quantitative estimate of drug-likeness (QED) is 0.577. The lowest BCUT2D eigenvalue weighted by molar-refractivity contribution is -0.140. The summed E-state index contributed by atoms with van der Waals surface area (Å²) in [6.45, 7) is 0.174. The average Bonchev–Trinajstić information content (AvgIpc) is 3.23. The molecular weight excluding hydrogens is 434 g/mol. The molecule has 0 spiro atoms. The maximum Gasteiger partial charge on any atom is 0.322 e. The number of hydrogen-bond donors (Lipinski definition) is 1. The van der Waals surface area contributed by atoms with E-state index in [0.29, 0.717) is 5.75 Å². The van der Waals surface area contributed by atoms with Gasteiger partial charge in [0.2, 0.25) is 10.0 Å². The van der Waals surface area contributed by atoms with E-state index in [-0.39, 0.29) is 23.1 Å². The van der Waals surface area contributed by atoms with E-state index in [0.717, 1.165) is 26.4 Å². The number of nitrogens with zero attached hydrogens (tertiary/aromatic N) is 1. The lowest BCUT2D eigenvalue weighted by Crippen LogP contribution is -2.40. The predicted molar refractivity (Wildman–Crippen MR) is 122 cm³/mol. The molecule has 0 bridgehead atoms. The first kappa shape index (κ1) is 21.7. The topological polar surface area (TPSA) is 83.9 Å². The first-order valence-electron chi connectivity index (χ1n) is 9.86. The van der Waals surface area contributed by atoms with E-state index in [1.807, 2.05) is 48.5 Å². The zero-order valence-electron chi connectivity index (χ0n) is 17.0. The third-order valence-electron chi connectivity index (χ3n) is 5.47. The second-order valence-electron chi connectivity index (χ2n) is 7.45. The van der Waals surface area contributed by atoms with Crippen LogP contribution in [0, 0.1) is 0 Å². The average molecular weight is 458 g/mol. The molecule has 0 amide bonds. The van der Waals surface area contributed by atoms with Crippen LogP contribution >= 0.6 is 11.8 Å². The number of carboxylic acids is 1. The molecule has 0 radical (unpaired) electrons. The lowest BCUT2D eigenvalue weighted by atomic mass is 10.1. The Hall–Kier alpha value is -2.55. The summed E-state index contributed by atoms with van der Waals surface area (Å²) in [7, 11) is -2.32. The summed E-state index contributed by atoms with van der Waals surface area (Å²) in [4.78, 5) is 12.0. The van der Waals surface area contributed by atoms with Crippen molar-refractivity contribution in [1.82, 2.24) is 4.31 Å². The van der Waals surface area contributed by atoms with Gasteiger partial charge in [-0.1, -0.05) is 42.5 Å². The molecule has 0 saturated carbocycles. The van der Waals surface area contributed by atoms with Crippen molar-refractivity contribution in [1.29, 1.82) is 0 Å². The van der Waals surface area contributed by atoms with Gasteiger partial charge in [0.1, 0.15) is 11.8 Å². The Balaban J connectivity index is 1.53. The SMILES string of the molecule is COc1ccc(CSC2CC(C(=O)O)N(S(=O)(=O)c3ccc4ccccc4c3)C2)cc1. The molecule has 1 N–H and O–H groups in total. The molecule has 2 unspecified atom stereocenters. The molecule has 6 nitrogen and oxygen atoms in total. The Morgan fingerprint density at radius 3 is 2.48 bits per heavy atom. The molecule has 1 heterocycles. The molecule has 0 aliphatic carbocycles. The zero-order chi connectivity index (χ0) is 22.0. The minimum absolute atomic E-state index is 0.0987. The van der Waals surface area contributed by atoms with Gasteiger partial charge in [0.25, 0.3) is 0 Å². The van der Waals surface area contributed by atoms with Crippen LogP contribution < -0.4 is 4.74 Å². The van der Waals surface area contributed by atoms with Crippen molar-refractivity contribution in [3.63, 3.8) is 0 Å². The normalized spacial score (nSPS) is 19.5. The minimum atomic E-state index is -3.93. The summed E-state index contributed by atoms with van der Waals surface area (Å²) in [6.07, 6.45) is 0.281. The van der Waals surface area contributed by atoms with Crippen LogP contribution in [0.25, 0.3) is 10.8 Å². The molecule has 1 aliphatic heterocycles. The maximum absolute atomic E-state index is 13.3. The van der Waals surface area contributed by atoms with E-state index in [2.05, 4.69) is 0 Å². The van der Waals surface area contributed by atoms with E-state index in [9.17, 15) is 18.3 Å². The van der Waals surface area contributed by atoms with Crippen molar-refractivity contribution < 1.29 is 23.1 Å². The number of ether oxygens (including phenoxy) is 1. The number of thioether (sulfide) groups is 1. The van der Waals surface area contributed by atoms with Crippen LogP contribution in [0.3, 0.4) is 0 Å². The van der Waals surface area contributed by atoms with Crippen molar-refractivity contribution in [2.24, 2.45) is 0 Å². The van der Waals surface area contributed by atoms with Gasteiger partial charge < -0.3 is 9.84 Å². The van der Waals surface area contributed by atoms with Crippen LogP contribution in [0.5, 0.6) is 5.75 Å². The Labute approximate surface area is 185 Å². The number of carboxylic acid groups (broad SMARTS) is 1. The molecule has 31 heavy (non-hydrogen) atoms. The van der Waals surface area contributed by atoms with Gasteiger partial charge in [-0.3, -0.25) is 4.79 Å². The number of sulfonamides is 1. The number of hydrogen-bond acceptors (Lipinski definition) is 5. The standard InChI is InChI=1S/C23H23NO5S2/c1-29-19-9-6-16(7-10-19)15-30-20-13-22(23(25)26)24(14-20)31(27,28)21-11-8-17-4-2-3-5-18(17)12-21/h2-12,20,22H,13-15H2,1H3,(H,25,26). The van der Waals surface area contributed by atoms with Crippen LogP contribution in [0.1, 0.15) is 12.0 Å². The van der Waals surface area contributed by atoms with E-state index in [4.69, 9.17) is 4.74 Å². The molecule has 1 aliphatic rings. The van der Waals surface area contributed by atoms with Crippen LogP contribution in [0.4, 0.5) is 0 Å². The van der Waals surface area contributed by atoms with Gasteiger partial charge in [0.05, 0.1) is 12.0 Å². The monoisotopic (exact) mass is 457 g/mol. The fraction of sp³-hybridized carbons (Fsp3) is 0.261. The first-order valence-corrected chi connectivity index (χ1v) is 12.4. The molecule has 4 rings (SSSR count). The Morgan fingerprint density at radius 1 is 1.10 bits per heavy atom. The van der Waals surface area contributed by atoms with Crippen molar-refractivity contribution in [3.8, 4) is 5.75 Å². The van der Waals surface area contributed by atoms with Crippen molar-refractivity contribution in [2.75, 3.05) is 13.7 Å². The lowest BCUT2D eigenvalue weighted by Gasteiger charge is -2.21. The van der Waals surface area contributed by atoms with Gasteiger partial charge in [-0.25, -0.2) is 8.42 Å². The number of rotatable bonds is 7. The predicted octanol–water partition coefficient (Wildman–Crippen LogP) is 4.00. The number of methoxy groups -OCH3 is 1. The molecule has 8 heteroatoms. The molecule has 0 aromatic heterocycles. The summed E-state index contributed by atoms with van der Waals surface area (Å²) < 4.78 is 33.0. The van der Waals surface area contributed by atoms with Crippen molar-refractivity contribution in [3.05, 3.63) is 72.3 Å². The highest BCUT2D eigenvalue weighted by molar-refractivity contribution is 7.99. The fourth-order valence-corrected chi connectivity index (χ4v) is 6.75. The third kappa shape index (κ3) is 4.56. The highest BCUT2D eigenvalue weighted by Gasteiger charge is 2.44. The molecule has 3 aromatic carbocycles. The van der Waals surface area contributed by atoms with E-state index >= 15 is 0 Å². The smallest absolute Gasteiger partial charge is 0.322 e. The number of carbonyl (C=O) groups is 1. The van der Waals surface area contributed by atoms with E-state index in [1.54, 1.807) is 37.1 Å². The third-order valence-corrected chi connectivity index (χ3v) is 8.66. The van der Waals surface area contributed by atoms with Gasteiger partial charge in [0.15, 0.2) is 0 Å². The summed E-state index contributed by atoms with van der Waals surface area (Å²) in [5, 5.41) is 11.3. The van der Waals surface area contributed by atoms with E-state index in [1.165, 1.54) is 0 Å². The van der Waals surface area contributed by atoms with Gasteiger partial charge in [0, 0.05) is 17.5 Å². The minimum Gasteiger partial charge on any atom is -0.497 e. The van der Waals surface area contributed by atoms with Crippen molar-refractivity contribution >= 4 is 38.5 Å². The van der Waals surface area contributed by atoms with Gasteiger partial charge in [-0.05, 0) is 47.0 Å². The summed E-state index contributed by atoms with van der Waals surface area (Å²) >= 11 is 1.58. The summed E-state index contributed by atoms with van der Waals surface area (Å²) in [5.41, 5.74) is 1.08. The van der Waals surface area contributed by atoms with Gasteiger partial charge in [-0.2, -0.15) is 16.1 Å². The molecule has 162 valence electrons. The zero-order valence-corrected chi connectivity index (χ0v) is 18.6. The molecule has 2 atom stereocenters. The summed E-state index contributed by atoms with van der Waals surface area (Å²) in [6, 6.07) is 19.0. The fourth-order valence-electron chi connectivity index (χ4n) is 3.78.